The minimum absolute atomic E-state index is 0.00645. The molecule has 0 unspecified atom stereocenters. The molecule has 3 rings (SSSR count). The lowest BCUT2D eigenvalue weighted by Crippen LogP contribution is -2.30. The van der Waals surface area contributed by atoms with Gasteiger partial charge in [-0.2, -0.15) is 0 Å². The summed E-state index contributed by atoms with van der Waals surface area (Å²) in [4.78, 5) is 28.5. The summed E-state index contributed by atoms with van der Waals surface area (Å²) in [5, 5.41) is 3.08. The molecule has 1 atom stereocenters. The highest BCUT2D eigenvalue weighted by Gasteiger charge is 2.19. The van der Waals surface area contributed by atoms with Crippen molar-refractivity contribution in [3.8, 4) is 5.75 Å². The number of hydrogen-bond donors (Lipinski definition) is 1. The summed E-state index contributed by atoms with van der Waals surface area (Å²) in [7, 11) is 0. The largest absolute Gasteiger partial charge is 0.494 e. The summed E-state index contributed by atoms with van der Waals surface area (Å²) in [6, 6.07) is 14.3. The first-order valence-corrected chi connectivity index (χ1v) is 9.75. The van der Waals surface area contributed by atoms with Crippen LogP contribution in [0.1, 0.15) is 13.8 Å². The molecule has 28 heavy (non-hydrogen) atoms. The van der Waals surface area contributed by atoms with Crippen molar-refractivity contribution in [2.75, 3.05) is 17.7 Å². The van der Waals surface area contributed by atoms with E-state index in [0.717, 1.165) is 23.0 Å². The maximum atomic E-state index is 12.2. The molecule has 3 aromatic rings. The number of carbonyl (C=O) groups is 2. The zero-order valence-electron chi connectivity index (χ0n) is 15.5. The Bertz CT molecular complexity index is 922. The standard InChI is InChI=1S/C20H20N2O5S/c1-3-25-15-10-8-14(9-11-15)21-19(24)13(2)26-18(23)12-28-20-22-16-6-4-5-7-17(16)27-20/h4-11,13H,3,12H2,1-2H3,(H,21,24)/t13-/m0/s1. The Kier molecular flexibility index (Phi) is 6.54. The van der Waals surface area contributed by atoms with Crippen LogP contribution in [0.2, 0.25) is 0 Å². The van der Waals surface area contributed by atoms with Gasteiger partial charge < -0.3 is 19.2 Å². The Hall–Kier alpha value is -3.00. The highest BCUT2D eigenvalue weighted by Crippen LogP contribution is 2.23. The fraction of sp³-hybridized carbons (Fsp3) is 0.250. The average Bonchev–Trinajstić information content (AvgIpc) is 3.11. The number of nitrogens with one attached hydrogen (secondary N) is 1. The third-order valence-corrected chi connectivity index (χ3v) is 4.50. The van der Waals surface area contributed by atoms with Crippen molar-refractivity contribution in [1.82, 2.24) is 4.98 Å². The number of esters is 1. The number of nitrogens with zero attached hydrogens (tertiary/aromatic N) is 1. The molecular weight excluding hydrogens is 380 g/mol. The van der Waals surface area contributed by atoms with Crippen LogP contribution >= 0.6 is 11.8 Å². The molecule has 8 heteroatoms. The molecule has 2 aromatic carbocycles. The molecule has 1 N–H and O–H groups in total. The topological polar surface area (TPSA) is 90.7 Å². The van der Waals surface area contributed by atoms with Crippen molar-refractivity contribution in [2.24, 2.45) is 0 Å². The van der Waals surface area contributed by atoms with Crippen LogP contribution < -0.4 is 10.1 Å². The first-order chi connectivity index (χ1) is 13.5. The number of amides is 1. The molecule has 0 spiro atoms. The maximum Gasteiger partial charge on any atom is 0.317 e. The average molecular weight is 400 g/mol. The van der Waals surface area contributed by atoms with Gasteiger partial charge in [-0.3, -0.25) is 9.59 Å². The van der Waals surface area contributed by atoms with Gasteiger partial charge in [0.2, 0.25) is 0 Å². The van der Waals surface area contributed by atoms with Crippen LogP contribution in [0, 0.1) is 0 Å². The SMILES string of the molecule is CCOc1ccc(NC(=O)[C@H](C)OC(=O)CSc2nc3ccccc3o2)cc1. The van der Waals surface area contributed by atoms with Crippen molar-refractivity contribution >= 4 is 40.4 Å². The van der Waals surface area contributed by atoms with E-state index in [1.807, 2.05) is 25.1 Å². The van der Waals surface area contributed by atoms with Crippen molar-refractivity contribution in [3.05, 3.63) is 48.5 Å². The number of ether oxygens (including phenoxy) is 2. The van der Waals surface area contributed by atoms with Gasteiger partial charge in [0.05, 0.1) is 6.61 Å². The number of rotatable bonds is 8. The molecule has 0 aliphatic carbocycles. The van der Waals surface area contributed by atoms with E-state index in [-0.39, 0.29) is 5.75 Å². The third-order valence-electron chi connectivity index (χ3n) is 3.70. The first-order valence-electron chi connectivity index (χ1n) is 8.76. The second-order valence-electron chi connectivity index (χ2n) is 5.81. The predicted octanol–water partition coefficient (Wildman–Crippen LogP) is 3.89. The second kappa shape index (κ2) is 9.27. The lowest BCUT2D eigenvalue weighted by Gasteiger charge is -2.13. The van der Waals surface area contributed by atoms with Crippen molar-refractivity contribution in [2.45, 2.75) is 25.2 Å². The smallest absolute Gasteiger partial charge is 0.317 e. The Labute approximate surface area is 166 Å². The van der Waals surface area contributed by atoms with E-state index in [2.05, 4.69) is 10.3 Å². The molecular formula is C20H20N2O5S. The fourth-order valence-electron chi connectivity index (χ4n) is 2.36. The number of benzene rings is 2. The summed E-state index contributed by atoms with van der Waals surface area (Å²) in [6.45, 7) is 3.99. The first kappa shape index (κ1) is 19.8. The minimum atomic E-state index is -0.927. The summed E-state index contributed by atoms with van der Waals surface area (Å²) in [6.07, 6.45) is -0.927. The van der Waals surface area contributed by atoms with Gasteiger partial charge in [0, 0.05) is 5.69 Å². The van der Waals surface area contributed by atoms with Crippen LogP contribution in [0.3, 0.4) is 0 Å². The van der Waals surface area contributed by atoms with Gasteiger partial charge >= 0.3 is 5.97 Å². The summed E-state index contributed by atoms with van der Waals surface area (Å²) >= 11 is 1.12. The van der Waals surface area contributed by atoms with Crippen LogP contribution in [-0.2, 0) is 14.3 Å². The van der Waals surface area contributed by atoms with Crippen LogP contribution in [-0.4, -0.2) is 35.3 Å². The van der Waals surface area contributed by atoms with Gasteiger partial charge in [0.15, 0.2) is 11.7 Å². The molecule has 0 aliphatic heterocycles. The molecule has 0 saturated heterocycles. The van der Waals surface area contributed by atoms with E-state index in [1.54, 1.807) is 30.3 Å². The zero-order valence-corrected chi connectivity index (χ0v) is 16.3. The van der Waals surface area contributed by atoms with E-state index in [9.17, 15) is 9.59 Å². The van der Waals surface area contributed by atoms with Gasteiger partial charge in [-0.25, -0.2) is 4.98 Å². The highest BCUT2D eigenvalue weighted by atomic mass is 32.2. The molecule has 0 fully saturated rings. The highest BCUT2D eigenvalue weighted by molar-refractivity contribution is 7.99. The van der Waals surface area contributed by atoms with Crippen molar-refractivity contribution < 1.29 is 23.5 Å². The molecule has 0 bridgehead atoms. The molecule has 146 valence electrons. The minimum Gasteiger partial charge on any atom is -0.494 e. The summed E-state index contributed by atoms with van der Waals surface area (Å²) < 4.78 is 16.1. The third kappa shape index (κ3) is 5.26. The molecule has 7 nitrogen and oxygen atoms in total. The van der Waals surface area contributed by atoms with Crippen LogP contribution in [0.5, 0.6) is 5.75 Å². The van der Waals surface area contributed by atoms with Gasteiger partial charge in [-0.15, -0.1) is 0 Å². The van der Waals surface area contributed by atoms with E-state index in [0.29, 0.717) is 23.1 Å². The summed E-state index contributed by atoms with van der Waals surface area (Å²) in [5.41, 5.74) is 1.97. The predicted molar refractivity (Wildman–Crippen MR) is 107 cm³/mol. The molecule has 1 heterocycles. The molecule has 0 radical (unpaired) electrons. The number of fused-ring (bicyclic) bond motifs is 1. The second-order valence-corrected chi connectivity index (χ2v) is 6.74. The van der Waals surface area contributed by atoms with E-state index < -0.39 is 18.0 Å². The fourth-order valence-corrected chi connectivity index (χ4v) is 2.98. The van der Waals surface area contributed by atoms with Gasteiger partial charge in [-0.05, 0) is 50.2 Å². The number of aromatic nitrogens is 1. The number of oxazole rings is 1. The number of para-hydroxylation sites is 2. The van der Waals surface area contributed by atoms with Gasteiger partial charge in [0.25, 0.3) is 11.1 Å². The number of carbonyl (C=O) groups excluding carboxylic acids is 2. The normalized spacial score (nSPS) is 11.8. The lowest BCUT2D eigenvalue weighted by atomic mass is 10.3. The Morgan fingerprint density at radius 2 is 1.93 bits per heavy atom. The summed E-state index contributed by atoms with van der Waals surface area (Å²) in [5.74, 6) is -0.227. The van der Waals surface area contributed by atoms with E-state index in [4.69, 9.17) is 13.9 Å². The van der Waals surface area contributed by atoms with Crippen molar-refractivity contribution in [3.63, 3.8) is 0 Å². The van der Waals surface area contributed by atoms with Crippen LogP contribution in [0.25, 0.3) is 11.1 Å². The maximum absolute atomic E-state index is 12.2. The molecule has 1 amide bonds. The Balaban J connectivity index is 1.46. The van der Waals surface area contributed by atoms with E-state index >= 15 is 0 Å². The van der Waals surface area contributed by atoms with Gasteiger partial charge in [0.1, 0.15) is 17.0 Å². The lowest BCUT2D eigenvalue weighted by molar-refractivity contribution is -0.150. The van der Waals surface area contributed by atoms with E-state index in [1.165, 1.54) is 6.92 Å². The molecule has 0 aliphatic rings. The molecule has 0 saturated carbocycles. The molecule has 1 aromatic heterocycles. The Morgan fingerprint density at radius 3 is 2.64 bits per heavy atom. The quantitative estimate of drug-likeness (QED) is 0.453. The number of hydrogen-bond acceptors (Lipinski definition) is 7. The number of thioether (sulfide) groups is 1. The zero-order chi connectivity index (χ0) is 19.9. The van der Waals surface area contributed by atoms with Crippen molar-refractivity contribution in [1.29, 1.82) is 0 Å². The number of anilines is 1. The van der Waals surface area contributed by atoms with Crippen LogP contribution in [0.4, 0.5) is 5.69 Å². The van der Waals surface area contributed by atoms with Crippen LogP contribution in [0.15, 0.2) is 58.2 Å². The Morgan fingerprint density at radius 1 is 1.18 bits per heavy atom. The van der Waals surface area contributed by atoms with Gasteiger partial charge in [-0.1, -0.05) is 23.9 Å². The monoisotopic (exact) mass is 400 g/mol.